The molecule has 5 nitrogen and oxygen atoms in total. The highest BCUT2D eigenvalue weighted by atomic mass is 35.5. The smallest absolute Gasteiger partial charge is 0.254 e. The molecular weight excluding hydrogens is 396 g/mol. The molecule has 0 N–H and O–H groups in total. The summed E-state index contributed by atoms with van der Waals surface area (Å²) in [6, 6.07) is 11.0. The summed E-state index contributed by atoms with van der Waals surface area (Å²) in [6.45, 7) is 1.33. The monoisotopic (exact) mass is 414 g/mol. The lowest BCUT2D eigenvalue weighted by atomic mass is 10.00. The van der Waals surface area contributed by atoms with Crippen molar-refractivity contribution in [2.24, 2.45) is 5.16 Å². The number of Topliss-reactive ketones (excluding diaryl/α,β-unsaturated/α-hetero) is 1. The van der Waals surface area contributed by atoms with Crippen molar-refractivity contribution in [1.29, 1.82) is 0 Å². The molecule has 2 aliphatic heterocycles. The molecule has 28 heavy (non-hydrogen) atoms. The second-order valence-electron chi connectivity index (χ2n) is 6.79. The number of carbonyl (C=O) groups excluding carboxylic acids is 2. The van der Waals surface area contributed by atoms with Crippen molar-refractivity contribution in [2.45, 2.75) is 25.4 Å². The van der Waals surface area contributed by atoms with Crippen molar-refractivity contribution in [3.63, 3.8) is 0 Å². The van der Waals surface area contributed by atoms with Crippen LogP contribution < -0.4 is 0 Å². The number of amides is 1. The Morgan fingerprint density at radius 2 is 1.89 bits per heavy atom. The molecule has 0 aliphatic carbocycles. The third kappa shape index (κ3) is 4.18. The van der Waals surface area contributed by atoms with Crippen molar-refractivity contribution in [3.05, 3.63) is 68.9 Å². The van der Waals surface area contributed by atoms with Gasteiger partial charge in [-0.05, 0) is 36.2 Å². The fraction of sp³-hybridized carbons (Fsp3) is 0.286. The second kappa shape index (κ2) is 8.29. The van der Waals surface area contributed by atoms with Gasteiger partial charge in [-0.3, -0.25) is 9.59 Å². The number of benzene rings is 1. The maximum Gasteiger partial charge on any atom is 0.254 e. The Labute approximate surface area is 172 Å². The van der Waals surface area contributed by atoms with Crippen LogP contribution in [0.1, 0.15) is 44.9 Å². The van der Waals surface area contributed by atoms with Gasteiger partial charge in [0.05, 0.1) is 14.9 Å². The van der Waals surface area contributed by atoms with Crippen LogP contribution in [0.5, 0.6) is 0 Å². The standard InChI is InChI=1S/C21H19ClN2O3S/c22-20-10-9-19(28-20)18(25)8-7-16-13-17(23-27-16)14-3-5-15(6-4-14)21(26)24-11-1-2-12-24/h1-6,9-10,16H,7-8,11-13H2. The van der Waals surface area contributed by atoms with Crippen molar-refractivity contribution in [2.75, 3.05) is 13.1 Å². The molecule has 0 saturated heterocycles. The van der Waals surface area contributed by atoms with Gasteiger partial charge < -0.3 is 9.74 Å². The number of ketones is 1. The molecule has 1 unspecified atom stereocenters. The summed E-state index contributed by atoms with van der Waals surface area (Å²) in [7, 11) is 0. The van der Waals surface area contributed by atoms with Crippen LogP contribution in [0.15, 0.2) is 53.7 Å². The Morgan fingerprint density at radius 1 is 1.14 bits per heavy atom. The summed E-state index contributed by atoms with van der Waals surface area (Å²) in [6.07, 6.45) is 5.55. The molecule has 4 rings (SSSR count). The fourth-order valence-electron chi connectivity index (χ4n) is 3.26. The fourth-order valence-corrected chi connectivity index (χ4v) is 4.28. The number of hydrogen-bond donors (Lipinski definition) is 0. The first-order chi connectivity index (χ1) is 13.6. The molecule has 144 valence electrons. The van der Waals surface area contributed by atoms with Gasteiger partial charge in [-0.2, -0.15) is 0 Å². The van der Waals surface area contributed by atoms with Crippen LogP contribution in [0.4, 0.5) is 0 Å². The predicted molar refractivity (Wildman–Crippen MR) is 110 cm³/mol. The van der Waals surface area contributed by atoms with E-state index in [9.17, 15) is 9.59 Å². The number of thiophene rings is 1. The SMILES string of the molecule is O=C(CCC1CC(c2ccc(C(=O)N3CC=CC3)cc2)=NO1)c1ccc(Cl)s1. The highest BCUT2D eigenvalue weighted by molar-refractivity contribution is 7.18. The third-order valence-corrected chi connectivity index (χ3v) is 6.12. The largest absolute Gasteiger partial charge is 0.392 e. The van der Waals surface area contributed by atoms with Crippen molar-refractivity contribution >= 4 is 40.3 Å². The Bertz CT molecular complexity index is 941. The number of carbonyl (C=O) groups is 2. The Hall–Kier alpha value is -2.44. The second-order valence-corrected chi connectivity index (χ2v) is 8.51. The molecule has 3 heterocycles. The van der Waals surface area contributed by atoms with Gasteiger partial charge in [0, 0.05) is 31.5 Å². The van der Waals surface area contributed by atoms with E-state index in [1.807, 2.05) is 36.4 Å². The van der Waals surface area contributed by atoms with Crippen LogP contribution in [0.2, 0.25) is 4.34 Å². The molecular formula is C21H19ClN2O3S. The summed E-state index contributed by atoms with van der Waals surface area (Å²) in [5.74, 6) is 0.111. The summed E-state index contributed by atoms with van der Waals surface area (Å²) in [5, 5.41) is 4.18. The average molecular weight is 415 g/mol. The van der Waals surface area contributed by atoms with Crippen LogP contribution in [0.25, 0.3) is 0 Å². The van der Waals surface area contributed by atoms with Crippen LogP contribution in [0.3, 0.4) is 0 Å². The first-order valence-electron chi connectivity index (χ1n) is 9.16. The van der Waals surface area contributed by atoms with Crippen LogP contribution in [0, 0.1) is 0 Å². The van der Waals surface area contributed by atoms with Crippen LogP contribution >= 0.6 is 22.9 Å². The van der Waals surface area contributed by atoms with Gasteiger partial charge in [-0.15, -0.1) is 11.3 Å². The molecule has 2 aliphatic rings. The van der Waals surface area contributed by atoms with Gasteiger partial charge in [-0.1, -0.05) is 41.0 Å². The quantitative estimate of drug-likeness (QED) is 0.514. The third-order valence-electron chi connectivity index (χ3n) is 4.84. The zero-order valence-electron chi connectivity index (χ0n) is 15.1. The van der Waals surface area contributed by atoms with E-state index in [0.717, 1.165) is 11.3 Å². The van der Waals surface area contributed by atoms with E-state index in [4.69, 9.17) is 16.4 Å². The van der Waals surface area contributed by atoms with Gasteiger partial charge in [0.25, 0.3) is 5.91 Å². The predicted octanol–water partition coefficient (Wildman–Crippen LogP) is 4.57. The van der Waals surface area contributed by atoms with E-state index in [2.05, 4.69) is 5.16 Å². The number of halogens is 1. The van der Waals surface area contributed by atoms with E-state index in [1.165, 1.54) is 11.3 Å². The zero-order chi connectivity index (χ0) is 19.5. The molecule has 0 fully saturated rings. The Kier molecular flexibility index (Phi) is 5.59. The molecule has 1 aromatic heterocycles. The van der Waals surface area contributed by atoms with Crippen molar-refractivity contribution in [3.8, 4) is 0 Å². The molecule has 0 saturated carbocycles. The van der Waals surface area contributed by atoms with E-state index in [-0.39, 0.29) is 17.8 Å². The normalized spacial score (nSPS) is 18.2. The molecule has 1 amide bonds. The number of nitrogens with zero attached hydrogens (tertiary/aromatic N) is 2. The summed E-state index contributed by atoms with van der Waals surface area (Å²) in [5.41, 5.74) is 2.46. The summed E-state index contributed by atoms with van der Waals surface area (Å²) in [4.78, 5) is 32.6. The molecule has 1 aromatic carbocycles. The van der Waals surface area contributed by atoms with Crippen LogP contribution in [-0.2, 0) is 4.84 Å². The molecule has 0 bridgehead atoms. The zero-order valence-corrected chi connectivity index (χ0v) is 16.7. The van der Waals surface area contributed by atoms with Gasteiger partial charge in [0.1, 0.15) is 6.10 Å². The summed E-state index contributed by atoms with van der Waals surface area (Å²) < 4.78 is 0.619. The Balaban J connectivity index is 1.30. The minimum absolute atomic E-state index is 0.0335. The van der Waals surface area contributed by atoms with Gasteiger partial charge in [0.15, 0.2) is 5.78 Å². The topological polar surface area (TPSA) is 59.0 Å². The highest BCUT2D eigenvalue weighted by Gasteiger charge is 2.24. The molecule has 0 spiro atoms. The van der Waals surface area contributed by atoms with E-state index < -0.39 is 0 Å². The highest BCUT2D eigenvalue weighted by Crippen LogP contribution is 2.25. The van der Waals surface area contributed by atoms with Gasteiger partial charge >= 0.3 is 0 Å². The van der Waals surface area contributed by atoms with Gasteiger partial charge in [0.2, 0.25) is 0 Å². The number of oxime groups is 1. The lowest BCUT2D eigenvalue weighted by Gasteiger charge is -2.15. The Morgan fingerprint density at radius 3 is 2.57 bits per heavy atom. The van der Waals surface area contributed by atoms with Crippen LogP contribution in [-0.4, -0.2) is 41.5 Å². The molecule has 1 atom stereocenters. The lowest BCUT2D eigenvalue weighted by molar-refractivity contribution is 0.0720. The molecule has 7 heteroatoms. The maximum absolute atomic E-state index is 12.4. The van der Waals surface area contributed by atoms with Crippen molar-refractivity contribution < 1.29 is 14.4 Å². The first-order valence-corrected chi connectivity index (χ1v) is 10.4. The van der Waals surface area contributed by atoms with E-state index in [1.54, 1.807) is 17.0 Å². The number of rotatable bonds is 6. The van der Waals surface area contributed by atoms with E-state index >= 15 is 0 Å². The lowest BCUT2D eigenvalue weighted by Crippen LogP contribution is -2.28. The van der Waals surface area contributed by atoms with Gasteiger partial charge in [-0.25, -0.2) is 0 Å². The van der Waals surface area contributed by atoms with E-state index in [0.29, 0.717) is 47.1 Å². The van der Waals surface area contributed by atoms with Crippen molar-refractivity contribution in [1.82, 2.24) is 4.90 Å². The molecule has 0 radical (unpaired) electrons. The maximum atomic E-state index is 12.4. The average Bonchev–Trinajstić information content (AvgIpc) is 3.47. The molecule has 2 aromatic rings. The number of hydrogen-bond acceptors (Lipinski definition) is 5. The summed E-state index contributed by atoms with van der Waals surface area (Å²) >= 11 is 7.18. The minimum Gasteiger partial charge on any atom is -0.392 e. The first kappa shape index (κ1) is 18.9. The minimum atomic E-state index is -0.105.